The molecule has 2 aromatic carbocycles. The normalized spacial score (nSPS) is 20.1. The number of alkyl halides is 6. The van der Waals surface area contributed by atoms with Gasteiger partial charge < -0.3 is 50.1 Å². The molecule has 3 aromatic rings. The van der Waals surface area contributed by atoms with Gasteiger partial charge in [0.25, 0.3) is 0 Å². The molecular weight excluding hydrogens is 770 g/mol. The minimum Gasteiger partial charge on any atom is -0.394 e. The molecule has 4 rings (SSSR count). The molecule has 0 spiro atoms. The number of aliphatic hydroxyl groups is 5. The average molecular weight is 810 g/mol. The van der Waals surface area contributed by atoms with E-state index >= 15 is 0 Å². The molecule has 9 N–H and O–H groups in total. The molecule has 1 aliphatic rings. The lowest BCUT2D eigenvalue weighted by atomic mass is 10.0. The van der Waals surface area contributed by atoms with Crippen molar-refractivity contribution in [2.75, 3.05) is 33.4 Å². The van der Waals surface area contributed by atoms with Gasteiger partial charge in [-0.1, -0.05) is 12.1 Å². The summed E-state index contributed by atoms with van der Waals surface area (Å²) in [7, 11) is -3.50. The number of benzene rings is 2. The van der Waals surface area contributed by atoms with Crippen LogP contribution in [0.25, 0.3) is 0 Å². The van der Waals surface area contributed by atoms with Gasteiger partial charge in [-0.15, -0.1) is 9.55 Å². The number of H-pyrrole nitrogens is 1. The van der Waals surface area contributed by atoms with Crippen molar-refractivity contribution < 1.29 is 80.1 Å². The fourth-order valence-corrected chi connectivity index (χ4v) is 5.70. The van der Waals surface area contributed by atoms with Crippen LogP contribution in [0.15, 0.2) is 47.3 Å². The standard InChI is InChI=1S/C23H22F7N4O6P.C7H17NO5/c1-12(14-8-15(22(25,26)27)10-16(9-14)23(28,29)30)40-20-19(13-2-4-17(24)5-3-13)33(6-7-39-20)11-18-31-21(35)34(32-18)41(36,37)38;1-8-2-4(10)6(12)7(13)5(11)3-9/h2-5,8-10,12,19-20H,6-7,11H2,1H3,(H,31,32,35)(H2,36,37,38);4-13H,2-3H2,1H3/t12-,19+,20+;4-,5+,6+,7+/m10/s1. The Bertz CT molecular complexity index is 1730. The number of morpholine rings is 1. The SMILES string of the molecule is CNC[C@H](O)[C@@H](O)[C@H](O)[C@H](O)CO.C[C@@H](O[C@@H]1OCCN(Cc2nn(P(=O)(O)O)c(=O)[nH]2)[C@H]1c1ccc(F)cc1)c1cc(C(F)(F)F)cc(C(F)(F)F)c1. The van der Waals surface area contributed by atoms with E-state index in [2.05, 4.69) is 15.4 Å². The summed E-state index contributed by atoms with van der Waals surface area (Å²) in [6.07, 6.45) is -18.5. The first kappa shape index (κ1) is 45.1. The van der Waals surface area contributed by atoms with E-state index in [9.17, 15) is 55.0 Å². The molecule has 54 heavy (non-hydrogen) atoms. The number of likely N-dealkylation sites (N-methyl/N-ethyl adjacent to an activating group) is 1. The molecule has 24 heteroatoms. The molecule has 0 bridgehead atoms. The Kier molecular flexibility index (Phi) is 15.5. The second kappa shape index (κ2) is 18.5. The topological polar surface area (TPSA) is 243 Å². The molecule has 0 unspecified atom stereocenters. The van der Waals surface area contributed by atoms with Gasteiger partial charge in [0, 0.05) is 13.1 Å². The minimum atomic E-state index is -5.07. The number of nitrogens with zero attached hydrogens (tertiary/aromatic N) is 3. The Balaban J connectivity index is 0.000000515. The van der Waals surface area contributed by atoms with Gasteiger partial charge >= 0.3 is 25.8 Å². The number of ether oxygens (including phenoxy) is 2. The summed E-state index contributed by atoms with van der Waals surface area (Å²) in [5.41, 5.74) is -4.31. The molecule has 1 saturated heterocycles. The van der Waals surface area contributed by atoms with E-state index in [1.165, 1.54) is 19.1 Å². The second-order valence-electron chi connectivity index (χ2n) is 12.0. The van der Waals surface area contributed by atoms with Crippen LogP contribution < -0.4 is 11.0 Å². The monoisotopic (exact) mass is 809 g/mol. The highest BCUT2D eigenvalue weighted by molar-refractivity contribution is 7.49. The predicted octanol–water partition coefficient (Wildman–Crippen LogP) is 1.01. The molecule has 304 valence electrons. The Labute approximate surface area is 301 Å². The number of rotatable bonds is 13. The Hall–Kier alpha value is -3.32. The molecule has 1 aromatic heterocycles. The first-order chi connectivity index (χ1) is 25.0. The van der Waals surface area contributed by atoms with E-state index in [1.807, 2.05) is 0 Å². The average Bonchev–Trinajstić information content (AvgIpc) is 3.47. The molecule has 0 radical (unpaired) electrons. The zero-order chi connectivity index (χ0) is 40.8. The van der Waals surface area contributed by atoms with Crippen molar-refractivity contribution in [1.29, 1.82) is 0 Å². The minimum absolute atomic E-state index is 0.00603. The number of nitrogens with one attached hydrogen (secondary N) is 2. The van der Waals surface area contributed by atoms with Crippen LogP contribution in [0.3, 0.4) is 0 Å². The predicted molar refractivity (Wildman–Crippen MR) is 171 cm³/mol. The number of hydrogen-bond acceptors (Lipinski definition) is 12. The van der Waals surface area contributed by atoms with E-state index in [0.29, 0.717) is 17.7 Å². The van der Waals surface area contributed by atoms with Gasteiger partial charge in [-0.2, -0.15) is 26.3 Å². The Morgan fingerprint density at radius 2 is 1.56 bits per heavy atom. The van der Waals surface area contributed by atoms with Crippen LogP contribution in [0.4, 0.5) is 30.7 Å². The number of halogens is 7. The summed E-state index contributed by atoms with van der Waals surface area (Å²) in [5.74, 6) is -0.775. The van der Waals surface area contributed by atoms with Crippen molar-refractivity contribution >= 4 is 7.75 Å². The number of hydrogen-bond donors (Lipinski definition) is 9. The van der Waals surface area contributed by atoms with E-state index in [1.54, 1.807) is 11.9 Å². The van der Waals surface area contributed by atoms with Crippen LogP contribution in [0, 0.1) is 5.82 Å². The van der Waals surface area contributed by atoms with Crippen molar-refractivity contribution in [3.8, 4) is 0 Å². The van der Waals surface area contributed by atoms with Crippen molar-refractivity contribution in [3.63, 3.8) is 0 Å². The molecule has 16 nitrogen and oxygen atoms in total. The molecule has 1 fully saturated rings. The molecule has 1 aliphatic heterocycles. The van der Waals surface area contributed by atoms with Crippen LogP contribution in [-0.4, -0.2) is 119 Å². The third-order valence-electron chi connectivity index (χ3n) is 7.93. The third-order valence-corrected chi connectivity index (χ3v) is 8.69. The fourth-order valence-electron chi connectivity index (χ4n) is 5.19. The maximum atomic E-state index is 13.7. The van der Waals surface area contributed by atoms with Gasteiger partial charge in [-0.05, 0) is 55.4 Å². The van der Waals surface area contributed by atoms with Crippen LogP contribution >= 0.6 is 7.75 Å². The van der Waals surface area contributed by atoms with E-state index < -0.39 is 97.8 Å². The Morgan fingerprint density at radius 3 is 2.04 bits per heavy atom. The quantitative estimate of drug-likeness (QED) is 0.0865. The maximum absolute atomic E-state index is 13.7. The summed E-state index contributed by atoms with van der Waals surface area (Å²) >= 11 is 0. The van der Waals surface area contributed by atoms with Crippen LogP contribution in [0.2, 0.25) is 0 Å². The van der Waals surface area contributed by atoms with E-state index in [-0.39, 0.29) is 42.6 Å². The lowest BCUT2D eigenvalue weighted by Gasteiger charge is -2.41. The zero-order valence-corrected chi connectivity index (χ0v) is 29.2. The van der Waals surface area contributed by atoms with Crippen LogP contribution in [0.1, 0.15) is 47.1 Å². The maximum Gasteiger partial charge on any atom is 0.454 e. The highest BCUT2D eigenvalue weighted by Crippen LogP contribution is 2.40. The summed E-state index contributed by atoms with van der Waals surface area (Å²) in [6, 6.07) is 5.01. The summed E-state index contributed by atoms with van der Waals surface area (Å²) < 4.78 is 117. The first-order valence-electron chi connectivity index (χ1n) is 15.8. The zero-order valence-electron chi connectivity index (χ0n) is 28.3. The van der Waals surface area contributed by atoms with E-state index in [0.717, 1.165) is 12.1 Å². The van der Waals surface area contributed by atoms with Gasteiger partial charge in [0.15, 0.2) is 6.29 Å². The fraction of sp³-hybridized carbons (Fsp3) is 0.533. The lowest BCUT2D eigenvalue weighted by molar-refractivity contribution is -0.231. The largest absolute Gasteiger partial charge is 0.454 e. The molecule has 0 amide bonds. The van der Waals surface area contributed by atoms with Gasteiger partial charge in [-0.25, -0.2) is 13.8 Å². The van der Waals surface area contributed by atoms with Crippen molar-refractivity contribution in [1.82, 2.24) is 24.8 Å². The number of aromatic nitrogens is 3. The smallest absolute Gasteiger partial charge is 0.394 e. The second-order valence-corrected chi connectivity index (χ2v) is 13.4. The molecule has 2 heterocycles. The van der Waals surface area contributed by atoms with Crippen LogP contribution in [-0.2, 0) is 32.9 Å². The molecule has 0 aliphatic carbocycles. The summed E-state index contributed by atoms with van der Waals surface area (Å²) in [4.78, 5) is 34.3. The number of aliphatic hydroxyl groups excluding tert-OH is 5. The van der Waals surface area contributed by atoms with Crippen molar-refractivity contribution in [3.05, 3.63) is 86.8 Å². The van der Waals surface area contributed by atoms with Gasteiger partial charge in [-0.3, -0.25) is 9.88 Å². The summed E-state index contributed by atoms with van der Waals surface area (Å²) in [5, 5.41) is 51.1. The van der Waals surface area contributed by atoms with Crippen LogP contribution in [0.5, 0.6) is 0 Å². The highest BCUT2D eigenvalue weighted by Gasteiger charge is 2.40. The van der Waals surface area contributed by atoms with Crippen molar-refractivity contribution in [2.45, 2.75) is 68.7 Å². The molecular formula is C30H39F7N5O11P. The lowest BCUT2D eigenvalue weighted by Crippen LogP contribution is -2.48. The van der Waals surface area contributed by atoms with E-state index in [4.69, 9.17) is 29.9 Å². The van der Waals surface area contributed by atoms with Gasteiger partial charge in [0.05, 0.1) is 49.1 Å². The van der Waals surface area contributed by atoms with Crippen molar-refractivity contribution in [2.24, 2.45) is 0 Å². The Morgan fingerprint density at radius 1 is 1.00 bits per heavy atom. The third kappa shape index (κ3) is 12.1. The number of aromatic amines is 1. The van der Waals surface area contributed by atoms with Gasteiger partial charge in [0.1, 0.15) is 30.0 Å². The molecule has 0 saturated carbocycles. The highest BCUT2D eigenvalue weighted by atomic mass is 31.2. The molecule has 7 atom stereocenters. The first-order valence-corrected chi connectivity index (χ1v) is 17.3. The summed E-state index contributed by atoms with van der Waals surface area (Å²) in [6.45, 7) is 0.473. The van der Waals surface area contributed by atoms with Gasteiger partial charge in [0.2, 0.25) is 0 Å².